The van der Waals surface area contributed by atoms with Crippen LogP contribution in [0.5, 0.6) is 0 Å². The van der Waals surface area contributed by atoms with Crippen LogP contribution in [0.25, 0.3) is 0 Å². The number of aromatic nitrogens is 2. The van der Waals surface area contributed by atoms with Crippen LogP contribution in [0.1, 0.15) is 31.2 Å². The van der Waals surface area contributed by atoms with Gasteiger partial charge < -0.3 is 19.6 Å². The largest absolute Gasteiger partial charge is 0.378 e. The van der Waals surface area contributed by atoms with Gasteiger partial charge in [0.2, 0.25) is 5.95 Å². The molecule has 2 saturated heterocycles. The van der Waals surface area contributed by atoms with Crippen molar-refractivity contribution in [3.8, 4) is 0 Å². The summed E-state index contributed by atoms with van der Waals surface area (Å²) in [6, 6.07) is 12.7. The number of aliphatic hydroxyl groups is 1. The monoisotopic (exact) mass is 438 g/mol. The second-order valence-electron chi connectivity index (χ2n) is 9.53. The molecule has 3 fully saturated rings. The molecule has 1 spiro atoms. The van der Waals surface area contributed by atoms with E-state index in [9.17, 15) is 5.11 Å². The molecule has 0 radical (unpaired) electrons. The maximum atomic E-state index is 10.9. The minimum atomic E-state index is -0.744. The van der Waals surface area contributed by atoms with Crippen LogP contribution >= 0.6 is 0 Å². The Morgan fingerprint density at radius 3 is 2.47 bits per heavy atom. The van der Waals surface area contributed by atoms with Crippen LogP contribution in [0.15, 0.2) is 42.6 Å². The number of benzene rings is 1. The molecule has 8 nitrogen and oxygen atoms in total. The molecule has 5 rings (SSSR count). The van der Waals surface area contributed by atoms with Gasteiger partial charge in [0.1, 0.15) is 5.82 Å². The van der Waals surface area contributed by atoms with E-state index in [1.165, 1.54) is 5.56 Å². The van der Waals surface area contributed by atoms with E-state index in [2.05, 4.69) is 64.5 Å². The van der Waals surface area contributed by atoms with Crippen LogP contribution in [-0.2, 0) is 10.3 Å². The fraction of sp³-hybridized carbons (Fsp3) is 0.583. The molecule has 1 unspecified atom stereocenters. The van der Waals surface area contributed by atoms with E-state index in [0.717, 1.165) is 51.1 Å². The Kier molecular flexibility index (Phi) is 5.79. The van der Waals surface area contributed by atoms with Gasteiger partial charge in [-0.3, -0.25) is 10.2 Å². The van der Waals surface area contributed by atoms with Gasteiger partial charge in [0, 0.05) is 36.9 Å². The highest BCUT2D eigenvalue weighted by Crippen LogP contribution is 2.46. The predicted octanol–water partition coefficient (Wildman–Crippen LogP) is 1.77. The lowest BCUT2D eigenvalue weighted by Gasteiger charge is -2.49. The van der Waals surface area contributed by atoms with Crippen molar-refractivity contribution in [3.05, 3.63) is 48.2 Å². The molecular formula is C24H34N6O2. The Morgan fingerprint density at radius 2 is 1.78 bits per heavy atom. The predicted molar refractivity (Wildman–Crippen MR) is 125 cm³/mol. The zero-order valence-electron chi connectivity index (χ0n) is 19.1. The topological polar surface area (TPSA) is 77.0 Å². The molecule has 0 bridgehead atoms. The molecule has 1 aromatic carbocycles. The Balaban J connectivity index is 1.33. The summed E-state index contributed by atoms with van der Waals surface area (Å²) in [4.78, 5) is 15.7. The number of nitrogens with one attached hydrogen (secondary N) is 1. The summed E-state index contributed by atoms with van der Waals surface area (Å²) in [5.41, 5.74) is 1.30. The van der Waals surface area contributed by atoms with Gasteiger partial charge in [-0.2, -0.15) is 4.98 Å². The third-order valence-corrected chi connectivity index (χ3v) is 7.62. The number of aliphatic hydroxyl groups excluding tert-OH is 1. The van der Waals surface area contributed by atoms with Crippen molar-refractivity contribution in [1.29, 1.82) is 0 Å². The summed E-state index contributed by atoms with van der Waals surface area (Å²) in [5, 5.41) is 14.4. The number of morpholine rings is 1. The lowest BCUT2D eigenvalue weighted by molar-refractivity contribution is 0.0513. The second-order valence-corrected chi connectivity index (χ2v) is 9.53. The molecule has 3 heterocycles. The summed E-state index contributed by atoms with van der Waals surface area (Å²) in [6.07, 6.45) is 5.12. The molecule has 32 heavy (non-hydrogen) atoms. The first kappa shape index (κ1) is 21.6. The molecule has 8 heteroatoms. The maximum Gasteiger partial charge on any atom is 0.227 e. The van der Waals surface area contributed by atoms with Gasteiger partial charge in [-0.05, 0) is 51.4 Å². The number of anilines is 2. The van der Waals surface area contributed by atoms with Gasteiger partial charge in [0.25, 0.3) is 0 Å². The van der Waals surface area contributed by atoms with E-state index in [-0.39, 0.29) is 11.1 Å². The van der Waals surface area contributed by atoms with Crippen LogP contribution in [0.4, 0.5) is 11.8 Å². The van der Waals surface area contributed by atoms with Crippen molar-refractivity contribution in [1.82, 2.24) is 20.2 Å². The standard InChI is InChI=1S/C24H34N6O2/c1-28(2)24(19-6-4-3-5-7-19)11-9-23(10-12-24)18-30(22(31)27-23)20-8-13-25-21(26-20)29-14-16-32-17-15-29/h3-8,13,22,27,31H,9-12,14-18H2,1-2H3/t22?,23-,24+. The quantitative estimate of drug-likeness (QED) is 0.748. The minimum Gasteiger partial charge on any atom is -0.378 e. The molecule has 0 amide bonds. The van der Waals surface area contributed by atoms with Crippen LogP contribution in [0.3, 0.4) is 0 Å². The normalized spacial score (nSPS) is 30.9. The van der Waals surface area contributed by atoms with Crippen LogP contribution in [0.2, 0.25) is 0 Å². The van der Waals surface area contributed by atoms with Crippen molar-refractivity contribution in [2.75, 3.05) is 56.7 Å². The van der Waals surface area contributed by atoms with E-state index < -0.39 is 6.35 Å². The summed E-state index contributed by atoms with van der Waals surface area (Å²) in [5.74, 6) is 1.48. The summed E-state index contributed by atoms with van der Waals surface area (Å²) < 4.78 is 5.45. The lowest BCUT2D eigenvalue weighted by atomic mass is 9.69. The second kappa shape index (κ2) is 8.59. The molecule has 2 aliphatic heterocycles. The first-order valence-corrected chi connectivity index (χ1v) is 11.6. The molecule has 172 valence electrons. The van der Waals surface area contributed by atoms with Crippen molar-refractivity contribution < 1.29 is 9.84 Å². The lowest BCUT2D eigenvalue weighted by Crippen LogP contribution is -2.54. The fourth-order valence-electron chi connectivity index (χ4n) is 5.62. The number of nitrogens with zero attached hydrogens (tertiary/aromatic N) is 5. The van der Waals surface area contributed by atoms with Gasteiger partial charge >= 0.3 is 0 Å². The average Bonchev–Trinajstić information content (AvgIpc) is 3.16. The minimum absolute atomic E-state index is 0.0327. The zero-order valence-corrected chi connectivity index (χ0v) is 19.1. The zero-order chi connectivity index (χ0) is 22.2. The van der Waals surface area contributed by atoms with Crippen LogP contribution < -0.4 is 15.1 Å². The van der Waals surface area contributed by atoms with Gasteiger partial charge in [0.15, 0.2) is 6.35 Å². The van der Waals surface area contributed by atoms with E-state index in [1.807, 2.05) is 11.0 Å². The van der Waals surface area contributed by atoms with Gasteiger partial charge in [-0.15, -0.1) is 0 Å². The number of hydrogen-bond acceptors (Lipinski definition) is 8. The van der Waals surface area contributed by atoms with Gasteiger partial charge in [-0.25, -0.2) is 4.98 Å². The van der Waals surface area contributed by atoms with Crippen molar-refractivity contribution in [2.45, 2.75) is 43.1 Å². The van der Waals surface area contributed by atoms with Gasteiger partial charge in [-0.1, -0.05) is 30.3 Å². The Hall–Kier alpha value is -2.26. The number of ether oxygens (including phenoxy) is 1. The van der Waals surface area contributed by atoms with Gasteiger partial charge in [0.05, 0.1) is 13.2 Å². The molecule has 1 atom stereocenters. The van der Waals surface area contributed by atoms with E-state index in [4.69, 9.17) is 9.72 Å². The first-order valence-electron chi connectivity index (χ1n) is 11.6. The van der Waals surface area contributed by atoms with Crippen molar-refractivity contribution in [3.63, 3.8) is 0 Å². The number of hydrogen-bond donors (Lipinski definition) is 2. The molecule has 1 aromatic heterocycles. The van der Waals surface area contributed by atoms with E-state index in [0.29, 0.717) is 19.2 Å². The highest BCUT2D eigenvalue weighted by atomic mass is 16.5. The highest BCUT2D eigenvalue weighted by Gasteiger charge is 2.50. The van der Waals surface area contributed by atoms with E-state index >= 15 is 0 Å². The Labute approximate surface area is 190 Å². The fourth-order valence-corrected chi connectivity index (χ4v) is 5.62. The molecule has 2 aromatic rings. The summed E-state index contributed by atoms with van der Waals surface area (Å²) in [7, 11) is 4.37. The van der Waals surface area contributed by atoms with E-state index in [1.54, 1.807) is 6.20 Å². The molecular weight excluding hydrogens is 404 g/mol. The number of rotatable bonds is 4. The van der Waals surface area contributed by atoms with Crippen LogP contribution in [-0.4, -0.2) is 78.8 Å². The average molecular weight is 439 g/mol. The highest BCUT2D eigenvalue weighted by molar-refractivity contribution is 5.46. The Bertz CT molecular complexity index is 910. The third-order valence-electron chi connectivity index (χ3n) is 7.62. The molecule has 2 N–H and O–H groups in total. The molecule has 1 aliphatic carbocycles. The third kappa shape index (κ3) is 3.85. The smallest absolute Gasteiger partial charge is 0.227 e. The first-order chi connectivity index (χ1) is 15.5. The van der Waals surface area contributed by atoms with Crippen LogP contribution in [0, 0.1) is 0 Å². The summed E-state index contributed by atoms with van der Waals surface area (Å²) >= 11 is 0. The maximum absolute atomic E-state index is 10.9. The summed E-state index contributed by atoms with van der Waals surface area (Å²) in [6.45, 7) is 3.71. The molecule has 1 saturated carbocycles. The van der Waals surface area contributed by atoms with Crippen molar-refractivity contribution >= 4 is 11.8 Å². The molecule has 3 aliphatic rings. The Morgan fingerprint density at radius 1 is 1.06 bits per heavy atom. The van der Waals surface area contributed by atoms with Crippen molar-refractivity contribution in [2.24, 2.45) is 0 Å². The SMILES string of the molecule is CN(C)[C@]1(c2ccccc2)CC[C@]2(CC1)CN(c1ccnc(N3CCOCC3)n1)C(O)N2.